The van der Waals surface area contributed by atoms with Crippen molar-refractivity contribution in [3.05, 3.63) is 28.5 Å². The zero-order valence-corrected chi connectivity index (χ0v) is 11.1. The number of aromatic nitrogens is 3. The van der Waals surface area contributed by atoms with Crippen LogP contribution in [0.1, 0.15) is 30.5 Å². The van der Waals surface area contributed by atoms with Crippen LogP contribution in [0, 0.1) is 6.92 Å². The van der Waals surface area contributed by atoms with Crippen LogP contribution in [-0.4, -0.2) is 21.1 Å². The van der Waals surface area contributed by atoms with E-state index in [0.717, 1.165) is 29.7 Å². The van der Waals surface area contributed by atoms with E-state index in [0.29, 0.717) is 0 Å². The Hall–Kier alpha value is -1.36. The van der Waals surface area contributed by atoms with Gasteiger partial charge < -0.3 is 9.88 Å². The van der Waals surface area contributed by atoms with Crippen LogP contribution in [0.5, 0.6) is 0 Å². The van der Waals surface area contributed by atoms with Crippen molar-refractivity contribution in [3.8, 4) is 0 Å². The number of aryl methyl sites for hydroxylation is 1. The van der Waals surface area contributed by atoms with Crippen molar-refractivity contribution in [3.63, 3.8) is 0 Å². The Kier molecular flexibility index (Phi) is 4.14. The van der Waals surface area contributed by atoms with Gasteiger partial charge in [-0.25, -0.2) is 9.97 Å². The third-order valence-corrected chi connectivity index (χ3v) is 3.35. The zero-order chi connectivity index (χ0) is 12.1. The lowest BCUT2D eigenvalue weighted by atomic mass is 10.3. The van der Waals surface area contributed by atoms with Gasteiger partial charge in [-0.1, -0.05) is 13.3 Å². The number of rotatable bonds is 6. The van der Waals surface area contributed by atoms with Crippen molar-refractivity contribution in [2.24, 2.45) is 0 Å². The molecule has 0 atom stereocenters. The predicted molar refractivity (Wildman–Crippen MR) is 71.6 cm³/mol. The summed E-state index contributed by atoms with van der Waals surface area (Å²) in [5.74, 6) is 0.934. The molecular formula is C12H18N4S. The summed E-state index contributed by atoms with van der Waals surface area (Å²) in [6, 6.07) is 0. The summed E-state index contributed by atoms with van der Waals surface area (Å²) < 4.78 is 2.10. The number of unbranched alkanes of at least 4 members (excludes halogenated alkanes) is 1. The summed E-state index contributed by atoms with van der Waals surface area (Å²) >= 11 is 1.69. The summed E-state index contributed by atoms with van der Waals surface area (Å²) in [6.07, 6.45) is 6.18. The van der Waals surface area contributed by atoms with Crippen LogP contribution >= 0.6 is 11.3 Å². The standard InChI is InChI=1S/C12H18N4S/c1-3-4-5-13-12-14-6-7-16(12)8-11-9-17-10(2)15-11/h6-7,9H,3-5,8H2,1-2H3,(H,13,14). The number of hydrogen-bond acceptors (Lipinski definition) is 4. The molecule has 2 aromatic rings. The molecule has 2 heterocycles. The first-order valence-electron chi connectivity index (χ1n) is 5.95. The van der Waals surface area contributed by atoms with E-state index < -0.39 is 0 Å². The molecule has 2 rings (SSSR count). The predicted octanol–water partition coefficient (Wildman–Crippen LogP) is 2.91. The molecule has 0 aliphatic heterocycles. The second kappa shape index (κ2) is 5.82. The van der Waals surface area contributed by atoms with Crippen LogP contribution in [0.4, 0.5) is 5.95 Å². The zero-order valence-electron chi connectivity index (χ0n) is 10.3. The van der Waals surface area contributed by atoms with Crippen molar-refractivity contribution in [1.82, 2.24) is 14.5 Å². The minimum atomic E-state index is 0.790. The highest BCUT2D eigenvalue weighted by Crippen LogP contribution is 2.12. The summed E-state index contributed by atoms with van der Waals surface area (Å²) in [4.78, 5) is 8.78. The van der Waals surface area contributed by atoms with Crippen LogP contribution < -0.4 is 5.32 Å². The van der Waals surface area contributed by atoms with Gasteiger partial charge >= 0.3 is 0 Å². The van der Waals surface area contributed by atoms with Gasteiger partial charge in [0.2, 0.25) is 5.95 Å². The number of anilines is 1. The Labute approximate surface area is 106 Å². The number of thiazole rings is 1. The van der Waals surface area contributed by atoms with E-state index in [-0.39, 0.29) is 0 Å². The van der Waals surface area contributed by atoms with E-state index in [1.807, 2.05) is 19.3 Å². The fraction of sp³-hybridized carbons (Fsp3) is 0.500. The van der Waals surface area contributed by atoms with Gasteiger partial charge in [0.15, 0.2) is 0 Å². The van der Waals surface area contributed by atoms with Gasteiger partial charge in [0.05, 0.1) is 17.2 Å². The maximum atomic E-state index is 4.47. The lowest BCUT2D eigenvalue weighted by Crippen LogP contribution is -2.09. The van der Waals surface area contributed by atoms with Gasteiger partial charge in [-0.15, -0.1) is 11.3 Å². The molecule has 4 nitrogen and oxygen atoms in total. The highest BCUT2D eigenvalue weighted by Gasteiger charge is 2.04. The van der Waals surface area contributed by atoms with E-state index >= 15 is 0 Å². The monoisotopic (exact) mass is 250 g/mol. The minimum Gasteiger partial charge on any atom is -0.356 e. The molecule has 0 aromatic carbocycles. The van der Waals surface area contributed by atoms with Gasteiger partial charge in [-0.05, 0) is 13.3 Å². The molecule has 0 aliphatic carbocycles. The smallest absolute Gasteiger partial charge is 0.203 e. The molecule has 0 amide bonds. The third-order valence-electron chi connectivity index (χ3n) is 2.53. The molecule has 0 radical (unpaired) electrons. The van der Waals surface area contributed by atoms with Crippen molar-refractivity contribution in [1.29, 1.82) is 0 Å². The second-order valence-corrected chi connectivity index (χ2v) is 5.08. The molecule has 0 spiro atoms. The van der Waals surface area contributed by atoms with Crippen LogP contribution in [0.3, 0.4) is 0 Å². The third kappa shape index (κ3) is 3.30. The van der Waals surface area contributed by atoms with Crippen molar-refractivity contribution in [2.45, 2.75) is 33.2 Å². The number of imidazole rings is 1. The molecule has 0 aliphatic rings. The highest BCUT2D eigenvalue weighted by molar-refractivity contribution is 7.09. The molecule has 1 N–H and O–H groups in total. The number of nitrogens with zero attached hydrogens (tertiary/aromatic N) is 3. The molecule has 0 bridgehead atoms. The van der Waals surface area contributed by atoms with Crippen molar-refractivity contribution >= 4 is 17.3 Å². The average molecular weight is 250 g/mol. The fourth-order valence-corrected chi connectivity index (χ4v) is 2.24. The Morgan fingerprint density at radius 3 is 3.06 bits per heavy atom. The normalized spacial score (nSPS) is 10.7. The van der Waals surface area contributed by atoms with E-state index in [9.17, 15) is 0 Å². The van der Waals surface area contributed by atoms with Gasteiger partial charge in [0, 0.05) is 24.3 Å². The number of hydrogen-bond donors (Lipinski definition) is 1. The van der Waals surface area contributed by atoms with E-state index in [1.165, 1.54) is 12.8 Å². The molecule has 0 fully saturated rings. The minimum absolute atomic E-state index is 0.790. The quantitative estimate of drug-likeness (QED) is 0.802. The summed E-state index contributed by atoms with van der Waals surface area (Å²) in [6.45, 7) is 5.98. The molecule has 0 unspecified atom stereocenters. The molecular weight excluding hydrogens is 232 g/mol. The van der Waals surface area contributed by atoms with E-state index in [4.69, 9.17) is 0 Å². The summed E-state index contributed by atoms with van der Waals surface area (Å²) in [5, 5.41) is 6.56. The largest absolute Gasteiger partial charge is 0.356 e. The topological polar surface area (TPSA) is 42.7 Å². The van der Waals surface area contributed by atoms with Crippen LogP contribution in [-0.2, 0) is 6.54 Å². The second-order valence-electron chi connectivity index (χ2n) is 4.02. The molecule has 0 saturated heterocycles. The molecule has 0 saturated carbocycles. The number of nitrogens with one attached hydrogen (secondary N) is 1. The van der Waals surface area contributed by atoms with Crippen LogP contribution in [0.15, 0.2) is 17.8 Å². The van der Waals surface area contributed by atoms with E-state index in [2.05, 4.69) is 32.2 Å². The Balaban J connectivity index is 1.98. The molecule has 2 aromatic heterocycles. The molecule has 92 valence electrons. The van der Waals surface area contributed by atoms with Gasteiger partial charge in [-0.2, -0.15) is 0 Å². The van der Waals surface area contributed by atoms with Gasteiger partial charge in [0.25, 0.3) is 0 Å². The Morgan fingerprint density at radius 1 is 1.47 bits per heavy atom. The first kappa shape index (κ1) is 12.1. The van der Waals surface area contributed by atoms with Gasteiger partial charge in [-0.3, -0.25) is 0 Å². The SMILES string of the molecule is CCCCNc1nccn1Cc1csc(C)n1. The maximum absolute atomic E-state index is 4.47. The summed E-state index contributed by atoms with van der Waals surface area (Å²) in [7, 11) is 0. The summed E-state index contributed by atoms with van der Waals surface area (Å²) in [5.41, 5.74) is 1.10. The first-order valence-corrected chi connectivity index (χ1v) is 6.83. The highest BCUT2D eigenvalue weighted by atomic mass is 32.1. The molecule has 5 heteroatoms. The average Bonchev–Trinajstić information content (AvgIpc) is 2.90. The Morgan fingerprint density at radius 2 is 2.35 bits per heavy atom. The molecule has 17 heavy (non-hydrogen) atoms. The van der Waals surface area contributed by atoms with Crippen LogP contribution in [0.2, 0.25) is 0 Å². The lowest BCUT2D eigenvalue weighted by molar-refractivity contribution is 0.762. The first-order chi connectivity index (χ1) is 8.29. The maximum Gasteiger partial charge on any atom is 0.203 e. The van der Waals surface area contributed by atoms with E-state index in [1.54, 1.807) is 11.3 Å². The van der Waals surface area contributed by atoms with Gasteiger partial charge in [0.1, 0.15) is 0 Å². The van der Waals surface area contributed by atoms with Crippen molar-refractivity contribution < 1.29 is 0 Å². The lowest BCUT2D eigenvalue weighted by Gasteiger charge is -2.07. The van der Waals surface area contributed by atoms with Crippen molar-refractivity contribution in [2.75, 3.05) is 11.9 Å². The fourth-order valence-electron chi connectivity index (χ4n) is 1.64. The van der Waals surface area contributed by atoms with Crippen LogP contribution in [0.25, 0.3) is 0 Å². The Bertz CT molecular complexity index is 461.